The molecular weight excluding hydrogens is 310 g/mol. The first-order valence-electron chi connectivity index (χ1n) is 10.5. The molecule has 0 aromatic heterocycles. The van der Waals surface area contributed by atoms with Crippen molar-refractivity contribution in [3.05, 3.63) is 11.1 Å². The van der Waals surface area contributed by atoms with Gasteiger partial charge in [-0.2, -0.15) is 0 Å². The van der Waals surface area contributed by atoms with Gasteiger partial charge in [0.2, 0.25) is 0 Å². The number of aliphatic carboxylic acids is 1. The van der Waals surface area contributed by atoms with Crippen LogP contribution < -0.4 is 11.3 Å². The van der Waals surface area contributed by atoms with Crippen LogP contribution in [0.1, 0.15) is 124 Å². The summed E-state index contributed by atoms with van der Waals surface area (Å²) in [5, 5.41) is 10.4. The minimum atomic E-state index is -0.909. The van der Waals surface area contributed by atoms with Gasteiger partial charge in [0.25, 0.3) is 0 Å². The van der Waals surface area contributed by atoms with Crippen LogP contribution in [-0.2, 0) is 4.79 Å². The van der Waals surface area contributed by atoms with Crippen LogP contribution in [0, 0.1) is 0 Å². The highest BCUT2D eigenvalue weighted by atomic mass is 16.4. The molecule has 0 amide bonds. The quantitative estimate of drug-likeness (QED) is 0.232. The summed E-state index contributed by atoms with van der Waals surface area (Å²) in [6.45, 7) is 6.88. The van der Waals surface area contributed by atoms with Crippen molar-refractivity contribution in [2.45, 2.75) is 124 Å². The van der Waals surface area contributed by atoms with E-state index in [1.54, 1.807) is 11.1 Å². The number of carboxylic acid groups (broad SMARTS) is 1. The van der Waals surface area contributed by atoms with Crippen molar-refractivity contribution < 1.29 is 9.90 Å². The van der Waals surface area contributed by atoms with Crippen molar-refractivity contribution in [1.29, 1.82) is 0 Å². The molecule has 3 heteroatoms. The maximum atomic E-state index is 10.4. The van der Waals surface area contributed by atoms with E-state index >= 15 is 0 Å². The first-order valence-corrected chi connectivity index (χ1v) is 10.5. The van der Waals surface area contributed by atoms with Crippen molar-refractivity contribution in [3.8, 4) is 0 Å². The van der Waals surface area contributed by atoms with Crippen molar-refractivity contribution in [2.24, 2.45) is 0 Å². The second-order valence-electron chi connectivity index (χ2n) is 7.07. The van der Waals surface area contributed by atoms with Crippen molar-refractivity contribution >= 4 is 5.97 Å². The Morgan fingerprint density at radius 1 is 0.600 bits per heavy atom. The Labute approximate surface area is 157 Å². The molecule has 0 aliphatic carbocycles. The minimum absolute atomic E-state index is 0. The lowest BCUT2D eigenvalue weighted by Gasteiger charge is -2.13. The lowest BCUT2D eigenvalue weighted by Crippen LogP contribution is -2.21. The normalized spacial score (nSPS) is 11.8. The minimum Gasteiger partial charge on any atom is -0.550 e. The molecule has 0 unspecified atom stereocenters. The van der Waals surface area contributed by atoms with E-state index in [4.69, 9.17) is 0 Å². The van der Waals surface area contributed by atoms with Gasteiger partial charge in [0, 0.05) is 5.97 Å². The van der Waals surface area contributed by atoms with Crippen LogP contribution in [0.2, 0.25) is 0 Å². The zero-order valence-corrected chi connectivity index (χ0v) is 17.6. The Morgan fingerprint density at radius 2 is 0.960 bits per heavy atom. The summed E-state index contributed by atoms with van der Waals surface area (Å²) in [7, 11) is 0. The molecule has 0 spiro atoms. The van der Waals surface area contributed by atoms with Gasteiger partial charge >= 0.3 is 0 Å². The molecule has 0 aliphatic heterocycles. The summed E-state index contributed by atoms with van der Waals surface area (Å²) < 4.78 is 0. The number of allylic oxidation sites excluding steroid dienone is 2. The van der Waals surface area contributed by atoms with E-state index in [1.807, 2.05) is 0 Å². The standard InChI is InChI=1S/C22H42O2.H3N/c1-4-7-8-9-11-14-17-20(5-2)21(6-3)18-15-12-10-13-16-19-22(23)24;/h4-19H2,1-3H3,(H,23,24);1H3/b21-20-;. The average Bonchev–Trinajstić information content (AvgIpc) is 2.57. The second kappa shape index (κ2) is 19.5. The lowest BCUT2D eigenvalue weighted by atomic mass is 9.93. The lowest BCUT2D eigenvalue weighted by molar-refractivity contribution is -0.305. The van der Waals surface area contributed by atoms with Crippen LogP contribution in [0.15, 0.2) is 11.1 Å². The molecule has 150 valence electrons. The molecule has 0 atom stereocenters. The number of carbonyl (C=O) groups excluding carboxylic acids is 1. The average molecular weight is 356 g/mol. The molecule has 0 saturated carbocycles. The molecule has 25 heavy (non-hydrogen) atoms. The van der Waals surface area contributed by atoms with Gasteiger partial charge in [-0.25, -0.2) is 0 Å². The van der Waals surface area contributed by atoms with Crippen molar-refractivity contribution in [2.75, 3.05) is 0 Å². The first-order chi connectivity index (χ1) is 11.7. The van der Waals surface area contributed by atoms with E-state index < -0.39 is 5.97 Å². The summed E-state index contributed by atoms with van der Waals surface area (Å²) in [4.78, 5) is 10.4. The zero-order valence-electron chi connectivity index (χ0n) is 17.6. The smallest absolute Gasteiger partial charge is 0.0414 e. The van der Waals surface area contributed by atoms with Crippen molar-refractivity contribution in [3.63, 3.8) is 0 Å². The number of rotatable bonds is 17. The number of carboxylic acids is 1. The van der Waals surface area contributed by atoms with Crippen LogP contribution in [0.5, 0.6) is 0 Å². The summed E-state index contributed by atoms with van der Waals surface area (Å²) in [5.74, 6) is -0.909. The molecule has 4 N–H and O–H groups in total. The van der Waals surface area contributed by atoms with Crippen LogP contribution >= 0.6 is 0 Å². The van der Waals surface area contributed by atoms with E-state index in [-0.39, 0.29) is 12.6 Å². The topological polar surface area (TPSA) is 76.6 Å². The van der Waals surface area contributed by atoms with E-state index in [9.17, 15) is 9.90 Å². The van der Waals surface area contributed by atoms with E-state index in [0.29, 0.717) is 0 Å². The molecule has 0 heterocycles. The third-order valence-electron chi connectivity index (χ3n) is 5.05. The Kier molecular flexibility index (Phi) is 20.6. The molecule has 3 nitrogen and oxygen atoms in total. The number of hydrogen-bond donors (Lipinski definition) is 1. The van der Waals surface area contributed by atoms with Gasteiger partial charge in [0.15, 0.2) is 0 Å². The summed E-state index contributed by atoms with van der Waals surface area (Å²) in [5.41, 5.74) is 3.41. The van der Waals surface area contributed by atoms with Gasteiger partial charge in [-0.3, -0.25) is 0 Å². The highest BCUT2D eigenvalue weighted by Crippen LogP contribution is 2.24. The Balaban J connectivity index is 0. The first kappa shape index (κ1) is 26.4. The van der Waals surface area contributed by atoms with Gasteiger partial charge in [-0.1, -0.05) is 83.3 Å². The highest BCUT2D eigenvalue weighted by Gasteiger charge is 2.04. The third-order valence-corrected chi connectivity index (χ3v) is 5.05. The highest BCUT2D eigenvalue weighted by molar-refractivity contribution is 5.64. The molecule has 0 rings (SSSR count). The Hall–Kier alpha value is -0.830. The molecule has 0 saturated heterocycles. The Bertz CT molecular complexity index is 337. The van der Waals surface area contributed by atoms with Crippen LogP contribution in [-0.4, -0.2) is 5.97 Å². The largest absolute Gasteiger partial charge is 0.550 e. The number of quaternary nitrogens is 1. The molecule has 0 aromatic rings. The number of carbonyl (C=O) groups is 1. The van der Waals surface area contributed by atoms with Gasteiger partial charge in [-0.05, 0) is 51.4 Å². The van der Waals surface area contributed by atoms with Gasteiger partial charge in [-0.15, -0.1) is 0 Å². The monoisotopic (exact) mass is 355 g/mol. The van der Waals surface area contributed by atoms with Gasteiger partial charge in [0.05, 0.1) is 0 Å². The SMILES string of the molecule is CCCCCCCC/C(CC)=C(/CC)CCCCCCCC(=O)[O-].[NH4+]. The van der Waals surface area contributed by atoms with E-state index in [0.717, 1.165) is 19.3 Å². The Morgan fingerprint density at radius 3 is 1.32 bits per heavy atom. The summed E-state index contributed by atoms with van der Waals surface area (Å²) in [6, 6.07) is 0. The molecular formula is C22H45NO2. The maximum absolute atomic E-state index is 10.4. The van der Waals surface area contributed by atoms with Crippen LogP contribution in [0.25, 0.3) is 0 Å². The number of unbranched alkanes of at least 4 members (excludes halogenated alkanes) is 9. The predicted molar refractivity (Wildman–Crippen MR) is 109 cm³/mol. The fourth-order valence-electron chi connectivity index (χ4n) is 3.46. The summed E-state index contributed by atoms with van der Waals surface area (Å²) in [6.07, 6.45) is 18.9. The van der Waals surface area contributed by atoms with Crippen LogP contribution in [0.3, 0.4) is 0 Å². The fraction of sp³-hybridized carbons (Fsp3) is 0.864. The fourth-order valence-corrected chi connectivity index (χ4v) is 3.46. The molecule has 0 aliphatic rings. The zero-order chi connectivity index (χ0) is 18.0. The van der Waals surface area contributed by atoms with E-state index in [2.05, 4.69) is 20.8 Å². The second-order valence-corrected chi connectivity index (χ2v) is 7.07. The van der Waals surface area contributed by atoms with Gasteiger partial charge < -0.3 is 16.1 Å². The molecule has 0 radical (unpaired) electrons. The molecule has 0 bridgehead atoms. The predicted octanol–water partition coefficient (Wildman–Crippen LogP) is 6.71. The molecule has 0 aromatic carbocycles. The summed E-state index contributed by atoms with van der Waals surface area (Å²) >= 11 is 0. The number of hydrogen-bond acceptors (Lipinski definition) is 2. The maximum Gasteiger partial charge on any atom is 0.0414 e. The van der Waals surface area contributed by atoms with Gasteiger partial charge in [0.1, 0.15) is 0 Å². The van der Waals surface area contributed by atoms with Crippen LogP contribution in [0.4, 0.5) is 0 Å². The third kappa shape index (κ3) is 16.4. The molecule has 0 fully saturated rings. The van der Waals surface area contributed by atoms with E-state index in [1.165, 1.54) is 77.0 Å². The van der Waals surface area contributed by atoms with Crippen molar-refractivity contribution in [1.82, 2.24) is 6.15 Å².